The Hall–Kier alpha value is -0.910. The first kappa shape index (κ1) is 13.2. The minimum atomic E-state index is -2.47. The predicted octanol–water partition coefficient (Wildman–Crippen LogP) is 1.46. The highest BCUT2D eigenvalue weighted by molar-refractivity contribution is 5.68. The molecule has 0 bridgehead atoms. The number of hydrogen-bond acceptors (Lipinski definition) is 3. The molecule has 1 saturated heterocycles. The Morgan fingerprint density at radius 3 is 2.62 bits per heavy atom. The third-order valence-electron chi connectivity index (χ3n) is 2.16. The molecule has 1 aliphatic heterocycles. The average Bonchev–Trinajstić information content (AvgIpc) is 2.15. The van der Waals surface area contributed by atoms with Gasteiger partial charge in [0.05, 0.1) is 6.04 Å². The lowest BCUT2D eigenvalue weighted by Gasteiger charge is -2.34. The second-order valence-electron chi connectivity index (χ2n) is 4.82. The van der Waals surface area contributed by atoms with Crippen LogP contribution in [0.4, 0.5) is 13.6 Å². The molecule has 1 aliphatic rings. The molecule has 1 fully saturated rings. The van der Waals surface area contributed by atoms with Crippen molar-refractivity contribution in [3.05, 3.63) is 0 Å². The second kappa shape index (κ2) is 4.95. The molecule has 0 aromatic carbocycles. The Morgan fingerprint density at radius 1 is 1.50 bits per heavy atom. The first-order chi connectivity index (χ1) is 7.29. The smallest absolute Gasteiger partial charge is 0.410 e. The first-order valence-corrected chi connectivity index (χ1v) is 5.29. The number of carbonyl (C=O) groups excluding carboxylic acids is 1. The van der Waals surface area contributed by atoms with Crippen LogP contribution in [0.5, 0.6) is 0 Å². The van der Waals surface area contributed by atoms with E-state index in [-0.39, 0.29) is 6.54 Å². The maximum Gasteiger partial charge on any atom is 0.410 e. The lowest BCUT2D eigenvalue weighted by molar-refractivity contribution is 0.00697. The van der Waals surface area contributed by atoms with Gasteiger partial charge in [-0.3, -0.25) is 0 Å². The normalized spacial score (nSPS) is 22.4. The molecule has 16 heavy (non-hydrogen) atoms. The number of carbonyl (C=O) groups is 1. The van der Waals surface area contributed by atoms with E-state index in [9.17, 15) is 13.6 Å². The van der Waals surface area contributed by atoms with Gasteiger partial charge in [-0.2, -0.15) is 0 Å². The van der Waals surface area contributed by atoms with Gasteiger partial charge in [-0.05, 0) is 20.8 Å². The molecule has 0 aromatic heterocycles. The molecule has 0 aliphatic carbocycles. The fourth-order valence-corrected chi connectivity index (χ4v) is 1.44. The maximum atomic E-state index is 12.5. The average molecular weight is 236 g/mol. The van der Waals surface area contributed by atoms with Gasteiger partial charge in [0.15, 0.2) is 0 Å². The number of ether oxygens (including phenoxy) is 1. The zero-order valence-corrected chi connectivity index (χ0v) is 9.80. The summed E-state index contributed by atoms with van der Waals surface area (Å²) in [4.78, 5) is 12.9. The number of alkyl halides is 2. The van der Waals surface area contributed by atoms with Gasteiger partial charge < -0.3 is 15.0 Å². The molecular formula is C10H18F2N2O2. The molecule has 1 atom stereocenters. The molecule has 1 unspecified atom stereocenters. The van der Waals surface area contributed by atoms with E-state index in [0.717, 1.165) is 0 Å². The number of amides is 1. The summed E-state index contributed by atoms with van der Waals surface area (Å²) in [5.74, 6) is 0. The van der Waals surface area contributed by atoms with Crippen LogP contribution in [-0.4, -0.2) is 48.7 Å². The quantitative estimate of drug-likeness (QED) is 0.749. The van der Waals surface area contributed by atoms with Crippen LogP contribution in [-0.2, 0) is 4.74 Å². The Morgan fingerprint density at radius 2 is 2.12 bits per heavy atom. The number of nitrogens with one attached hydrogen (secondary N) is 1. The van der Waals surface area contributed by atoms with Crippen molar-refractivity contribution in [2.45, 2.75) is 38.8 Å². The third-order valence-corrected chi connectivity index (χ3v) is 2.16. The van der Waals surface area contributed by atoms with E-state index >= 15 is 0 Å². The fourth-order valence-electron chi connectivity index (χ4n) is 1.44. The van der Waals surface area contributed by atoms with E-state index in [4.69, 9.17) is 4.74 Å². The fraction of sp³-hybridized carbons (Fsp3) is 0.900. The molecular weight excluding hydrogens is 218 g/mol. The van der Waals surface area contributed by atoms with E-state index in [1.54, 1.807) is 20.8 Å². The minimum absolute atomic E-state index is 0.00736. The second-order valence-corrected chi connectivity index (χ2v) is 4.82. The third kappa shape index (κ3) is 3.92. The summed E-state index contributed by atoms with van der Waals surface area (Å²) < 4.78 is 30.0. The van der Waals surface area contributed by atoms with Gasteiger partial charge in [0, 0.05) is 19.6 Å². The van der Waals surface area contributed by atoms with Crippen LogP contribution in [0.25, 0.3) is 0 Å². The summed E-state index contributed by atoms with van der Waals surface area (Å²) in [6.07, 6.45) is -3.00. The topological polar surface area (TPSA) is 41.6 Å². The lowest BCUT2D eigenvalue weighted by atomic mass is 10.2. The van der Waals surface area contributed by atoms with Crippen LogP contribution in [0.3, 0.4) is 0 Å². The molecule has 1 rings (SSSR count). The molecule has 94 valence electrons. The molecule has 1 heterocycles. The van der Waals surface area contributed by atoms with Crippen molar-refractivity contribution >= 4 is 6.09 Å². The first-order valence-electron chi connectivity index (χ1n) is 5.29. The van der Waals surface area contributed by atoms with Gasteiger partial charge in [0.25, 0.3) is 6.43 Å². The summed E-state index contributed by atoms with van der Waals surface area (Å²) in [5.41, 5.74) is -0.595. The van der Waals surface area contributed by atoms with Crippen LogP contribution in [0.2, 0.25) is 0 Å². The number of piperazine rings is 1. The Labute approximate surface area is 93.9 Å². The van der Waals surface area contributed by atoms with E-state index in [2.05, 4.69) is 5.32 Å². The molecule has 0 aromatic rings. The number of rotatable bonds is 1. The SMILES string of the molecule is CC(C)(C)OC(=O)N1CCNC(C(F)F)C1. The maximum absolute atomic E-state index is 12.5. The summed E-state index contributed by atoms with van der Waals surface area (Å²) in [7, 11) is 0. The summed E-state index contributed by atoms with van der Waals surface area (Å²) in [5, 5.41) is 2.67. The Bertz CT molecular complexity index is 254. The standard InChI is InChI=1S/C10H18F2N2O2/c1-10(2,3)16-9(15)14-5-4-13-7(6-14)8(11)12/h7-8,13H,4-6H2,1-3H3. The molecule has 0 saturated carbocycles. The zero-order valence-electron chi connectivity index (χ0n) is 9.80. The number of hydrogen-bond donors (Lipinski definition) is 1. The van der Waals surface area contributed by atoms with E-state index in [1.807, 2.05) is 0 Å². The van der Waals surface area contributed by atoms with Crippen molar-refractivity contribution in [3.63, 3.8) is 0 Å². The molecule has 0 spiro atoms. The summed E-state index contributed by atoms with van der Waals surface area (Å²) >= 11 is 0. The van der Waals surface area contributed by atoms with E-state index in [0.29, 0.717) is 13.1 Å². The van der Waals surface area contributed by atoms with Crippen LogP contribution < -0.4 is 5.32 Å². The van der Waals surface area contributed by atoms with Crippen molar-refractivity contribution < 1.29 is 18.3 Å². The summed E-state index contributed by atoms with van der Waals surface area (Å²) in [6, 6.07) is -0.957. The van der Waals surface area contributed by atoms with Gasteiger partial charge in [-0.1, -0.05) is 0 Å². The lowest BCUT2D eigenvalue weighted by Crippen LogP contribution is -2.56. The highest BCUT2D eigenvalue weighted by Crippen LogP contribution is 2.13. The van der Waals surface area contributed by atoms with Gasteiger partial charge in [-0.15, -0.1) is 0 Å². The van der Waals surface area contributed by atoms with Crippen LogP contribution in [0.15, 0.2) is 0 Å². The zero-order chi connectivity index (χ0) is 12.3. The van der Waals surface area contributed by atoms with Gasteiger partial charge in [-0.25, -0.2) is 13.6 Å². The predicted molar refractivity (Wildman–Crippen MR) is 55.6 cm³/mol. The van der Waals surface area contributed by atoms with E-state index in [1.165, 1.54) is 4.90 Å². The number of halogens is 2. The molecule has 4 nitrogen and oxygen atoms in total. The Kier molecular flexibility index (Phi) is 4.07. The largest absolute Gasteiger partial charge is 0.444 e. The van der Waals surface area contributed by atoms with Crippen LogP contribution in [0.1, 0.15) is 20.8 Å². The molecule has 1 N–H and O–H groups in total. The van der Waals surface area contributed by atoms with Crippen molar-refractivity contribution in [1.82, 2.24) is 10.2 Å². The van der Waals surface area contributed by atoms with Crippen molar-refractivity contribution in [1.29, 1.82) is 0 Å². The summed E-state index contributed by atoms with van der Waals surface area (Å²) in [6.45, 7) is 6.01. The van der Waals surface area contributed by atoms with Crippen LogP contribution >= 0.6 is 0 Å². The van der Waals surface area contributed by atoms with Crippen molar-refractivity contribution in [2.24, 2.45) is 0 Å². The highest BCUT2D eigenvalue weighted by atomic mass is 19.3. The highest BCUT2D eigenvalue weighted by Gasteiger charge is 2.31. The molecule has 0 radical (unpaired) electrons. The molecule has 1 amide bonds. The van der Waals surface area contributed by atoms with Gasteiger partial charge in [0.2, 0.25) is 0 Å². The van der Waals surface area contributed by atoms with E-state index < -0.39 is 24.2 Å². The van der Waals surface area contributed by atoms with Crippen LogP contribution in [0, 0.1) is 0 Å². The van der Waals surface area contributed by atoms with Gasteiger partial charge in [0.1, 0.15) is 5.60 Å². The van der Waals surface area contributed by atoms with Gasteiger partial charge >= 0.3 is 6.09 Å². The number of nitrogens with zero attached hydrogens (tertiary/aromatic N) is 1. The Balaban J connectivity index is 2.50. The minimum Gasteiger partial charge on any atom is -0.444 e. The van der Waals surface area contributed by atoms with Crippen molar-refractivity contribution in [2.75, 3.05) is 19.6 Å². The monoisotopic (exact) mass is 236 g/mol. The van der Waals surface area contributed by atoms with Crippen molar-refractivity contribution in [3.8, 4) is 0 Å². The molecule has 6 heteroatoms.